The first-order valence-electron chi connectivity index (χ1n) is 9.22. The second kappa shape index (κ2) is 9.56. The lowest BCUT2D eigenvalue weighted by Gasteiger charge is -2.24. The third-order valence-electron chi connectivity index (χ3n) is 4.04. The molecule has 2 rings (SSSR count). The summed E-state index contributed by atoms with van der Waals surface area (Å²) in [6, 6.07) is 15.4. The number of alkyl carbamates (subject to hydrolysis) is 1. The number of amides is 1. The van der Waals surface area contributed by atoms with Crippen molar-refractivity contribution < 1.29 is 19.6 Å². The summed E-state index contributed by atoms with van der Waals surface area (Å²) in [7, 11) is 0. The Morgan fingerprint density at radius 1 is 1.20 bits per heavy atom. The fourth-order valence-electron chi connectivity index (χ4n) is 2.71. The summed E-state index contributed by atoms with van der Waals surface area (Å²) >= 11 is 0. The van der Waals surface area contributed by atoms with Crippen molar-refractivity contribution in [2.75, 3.05) is 0 Å². The largest absolute Gasteiger partial charge is 0.509 e. The number of hydrogen-bond acceptors (Lipinski definition) is 6. The molecule has 8 heteroatoms. The highest BCUT2D eigenvalue weighted by molar-refractivity contribution is 5.80. The van der Waals surface area contributed by atoms with Crippen molar-refractivity contribution in [3.05, 3.63) is 81.6 Å². The number of carbonyl (C=O) groups excluding carboxylic acids is 1. The van der Waals surface area contributed by atoms with E-state index in [0.717, 1.165) is 5.56 Å². The molecule has 0 heterocycles. The summed E-state index contributed by atoms with van der Waals surface area (Å²) in [4.78, 5) is 22.6. The lowest BCUT2D eigenvalue weighted by Crippen LogP contribution is -2.41. The number of benzene rings is 2. The Kier molecular flexibility index (Phi) is 7.15. The van der Waals surface area contributed by atoms with Gasteiger partial charge in [0.15, 0.2) is 0 Å². The van der Waals surface area contributed by atoms with Gasteiger partial charge in [0.25, 0.3) is 5.69 Å². The number of non-ortho nitro benzene ring substituents is 1. The molecule has 0 aliphatic rings. The molecule has 1 atom stereocenters. The van der Waals surface area contributed by atoms with Gasteiger partial charge in [-0.15, -0.1) is 0 Å². The molecule has 0 spiro atoms. The molecule has 1 amide bonds. The van der Waals surface area contributed by atoms with E-state index in [4.69, 9.17) is 4.74 Å². The van der Waals surface area contributed by atoms with Crippen molar-refractivity contribution in [3.8, 4) is 6.07 Å². The highest BCUT2D eigenvalue weighted by Gasteiger charge is 2.25. The van der Waals surface area contributed by atoms with Crippen molar-refractivity contribution in [2.24, 2.45) is 0 Å². The number of nitriles is 1. The lowest BCUT2D eigenvalue weighted by atomic mass is 9.98. The van der Waals surface area contributed by atoms with Crippen LogP contribution in [-0.4, -0.2) is 27.8 Å². The van der Waals surface area contributed by atoms with Crippen LogP contribution in [0.1, 0.15) is 31.9 Å². The fourth-order valence-corrected chi connectivity index (χ4v) is 2.71. The molecule has 0 fully saturated rings. The Balaban J connectivity index is 2.41. The Bertz CT molecular complexity index is 971. The third kappa shape index (κ3) is 6.34. The summed E-state index contributed by atoms with van der Waals surface area (Å²) in [6.45, 7) is 5.14. The number of nitrogens with zero attached hydrogens (tertiary/aromatic N) is 2. The Labute approximate surface area is 174 Å². The van der Waals surface area contributed by atoms with E-state index in [1.165, 1.54) is 24.3 Å². The van der Waals surface area contributed by atoms with Crippen LogP contribution in [0, 0.1) is 21.4 Å². The third-order valence-corrected chi connectivity index (χ3v) is 4.04. The molecule has 1 unspecified atom stereocenters. The fraction of sp³-hybridized carbons (Fsp3) is 0.273. The maximum atomic E-state index is 12.3. The van der Waals surface area contributed by atoms with Gasteiger partial charge >= 0.3 is 6.09 Å². The number of ether oxygens (including phenoxy) is 1. The van der Waals surface area contributed by atoms with Gasteiger partial charge in [-0.1, -0.05) is 30.3 Å². The van der Waals surface area contributed by atoms with Crippen LogP contribution in [0.4, 0.5) is 10.5 Å². The summed E-state index contributed by atoms with van der Waals surface area (Å²) in [5, 5.41) is 33.9. The van der Waals surface area contributed by atoms with E-state index in [-0.39, 0.29) is 23.4 Å². The number of nitrogens with one attached hydrogen (secondary N) is 1. The van der Waals surface area contributed by atoms with E-state index in [2.05, 4.69) is 5.32 Å². The molecule has 0 aliphatic heterocycles. The van der Waals surface area contributed by atoms with Crippen LogP contribution in [0.25, 0.3) is 5.57 Å². The van der Waals surface area contributed by atoms with Crippen LogP contribution in [0.3, 0.4) is 0 Å². The van der Waals surface area contributed by atoms with Gasteiger partial charge in [-0.3, -0.25) is 10.1 Å². The maximum Gasteiger partial charge on any atom is 0.408 e. The Morgan fingerprint density at radius 3 is 2.30 bits per heavy atom. The zero-order chi connectivity index (χ0) is 22.3. The zero-order valence-electron chi connectivity index (χ0n) is 17.0. The van der Waals surface area contributed by atoms with Gasteiger partial charge < -0.3 is 15.2 Å². The van der Waals surface area contributed by atoms with Gasteiger partial charge in [0, 0.05) is 18.6 Å². The van der Waals surface area contributed by atoms with Crippen molar-refractivity contribution in [2.45, 2.75) is 38.8 Å². The number of aliphatic hydroxyl groups excluding tert-OH is 1. The van der Waals surface area contributed by atoms with Crippen molar-refractivity contribution >= 4 is 17.4 Å². The highest BCUT2D eigenvalue weighted by atomic mass is 16.6. The highest BCUT2D eigenvalue weighted by Crippen LogP contribution is 2.23. The van der Waals surface area contributed by atoms with Crippen LogP contribution in [0.15, 0.2) is 60.4 Å². The van der Waals surface area contributed by atoms with E-state index < -0.39 is 22.7 Å². The van der Waals surface area contributed by atoms with Crippen LogP contribution in [-0.2, 0) is 11.2 Å². The number of aliphatic hydroxyl groups is 1. The number of carbonyl (C=O) groups is 1. The summed E-state index contributed by atoms with van der Waals surface area (Å²) in [6.07, 6.45) is -0.527. The molecule has 2 aromatic rings. The quantitative estimate of drug-likeness (QED) is 0.313. The number of hydrogen-bond donors (Lipinski definition) is 2. The average Bonchev–Trinajstić information content (AvgIpc) is 2.67. The van der Waals surface area contributed by atoms with Gasteiger partial charge in [0.05, 0.1) is 16.5 Å². The molecule has 2 N–H and O–H groups in total. The second-order valence-corrected chi connectivity index (χ2v) is 7.56. The first-order valence-corrected chi connectivity index (χ1v) is 9.22. The predicted octanol–water partition coefficient (Wildman–Crippen LogP) is 4.52. The molecule has 0 saturated carbocycles. The predicted molar refractivity (Wildman–Crippen MR) is 112 cm³/mol. The van der Waals surface area contributed by atoms with Crippen molar-refractivity contribution in [1.29, 1.82) is 5.26 Å². The minimum absolute atomic E-state index is 0.0955. The van der Waals surface area contributed by atoms with E-state index in [0.29, 0.717) is 5.56 Å². The van der Waals surface area contributed by atoms with Gasteiger partial charge in [0.1, 0.15) is 17.4 Å². The molecular formula is C22H23N3O5. The summed E-state index contributed by atoms with van der Waals surface area (Å²) in [5.41, 5.74) is 0.151. The van der Waals surface area contributed by atoms with E-state index in [9.17, 15) is 25.3 Å². The molecule has 0 aliphatic carbocycles. The standard InChI is InChI=1S/C22H23N3O5/c1-22(2,3)30-21(27)24-19(13-15-7-5-4-6-8-15)20(26)18(14-23)16-9-11-17(12-10-16)25(28)29/h4-12,19,26H,13H2,1-3H3,(H,24,27)/b20-18-. The monoisotopic (exact) mass is 409 g/mol. The van der Waals surface area contributed by atoms with E-state index in [1.54, 1.807) is 20.8 Å². The van der Waals surface area contributed by atoms with Gasteiger partial charge in [-0.05, 0) is 44.0 Å². The normalized spacial score (nSPS) is 12.9. The Hall–Kier alpha value is -3.86. The van der Waals surface area contributed by atoms with Gasteiger partial charge in [-0.2, -0.15) is 5.26 Å². The topological polar surface area (TPSA) is 125 Å². The molecule has 0 saturated heterocycles. The number of nitro benzene ring substituents is 1. The molecule has 0 bridgehead atoms. The van der Waals surface area contributed by atoms with E-state index >= 15 is 0 Å². The van der Waals surface area contributed by atoms with Crippen LogP contribution in [0.5, 0.6) is 0 Å². The number of rotatable bonds is 6. The average molecular weight is 409 g/mol. The van der Waals surface area contributed by atoms with Gasteiger partial charge in [-0.25, -0.2) is 4.79 Å². The minimum Gasteiger partial charge on any atom is -0.509 e. The zero-order valence-corrected chi connectivity index (χ0v) is 17.0. The molecular weight excluding hydrogens is 386 g/mol. The van der Waals surface area contributed by atoms with Crippen molar-refractivity contribution in [1.82, 2.24) is 5.32 Å². The summed E-state index contributed by atoms with van der Waals surface area (Å²) < 4.78 is 5.28. The molecule has 8 nitrogen and oxygen atoms in total. The molecule has 30 heavy (non-hydrogen) atoms. The second-order valence-electron chi connectivity index (χ2n) is 7.56. The molecule has 156 valence electrons. The van der Waals surface area contributed by atoms with Crippen LogP contribution in [0.2, 0.25) is 0 Å². The minimum atomic E-state index is -0.938. The first kappa shape index (κ1) is 22.4. The smallest absolute Gasteiger partial charge is 0.408 e. The number of nitro groups is 1. The number of allylic oxidation sites excluding steroid dienone is 1. The molecule has 0 radical (unpaired) electrons. The van der Waals surface area contributed by atoms with Crippen molar-refractivity contribution in [3.63, 3.8) is 0 Å². The van der Waals surface area contributed by atoms with Gasteiger partial charge in [0.2, 0.25) is 0 Å². The Morgan fingerprint density at radius 2 is 1.80 bits per heavy atom. The van der Waals surface area contributed by atoms with Crippen LogP contribution < -0.4 is 5.32 Å². The molecule has 0 aromatic heterocycles. The molecule has 2 aromatic carbocycles. The van der Waals surface area contributed by atoms with Crippen LogP contribution >= 0.6 is 0 Å². The summed E-state index contributed by atoms with van der Waals surface area (Å²) in [5.74, 6) is -0.360. The maximum absolute atomic E-state index is 12.3. The first-order chi connectivity index (χ1) is 14.1. The lowest BCUT2D eigenvalue weighted by molar-refractivity contribution is -0.384. The SMILES string of the molecule is CC(C)(C)OC(=O)NC(Cc1ccccc1)/C(O)=C(\C#N)c1ccc([N+](=O)[O-])cc1. The van der Waals surface area contributed by atoms with E-state index in [1.807, 2.05) is 36.4 Å².